The highest BCUT2D eigenvalue weighted by Crippen LogP contribution is 2.07. The fourth-order valence-corrected chi connectivity index (χ4v) is 1.60. The van der Waals surface area contributed by atoms with Gasteiger partial charge < -0.3 is 14.2 Å². The highest BCUT2D eigenvalue weighted by atomic mass is 16.7. The van der Waals surface area contributed by atoms with Gasteiger partial charge in [0.25, 0.3) is 0 Å². The summed E-state index contributed by atoms with van der Waals surface area (Å²) in [5, 5.41) is 0. The third-order valence-corrected chi connectivity index (χ3v) is 2.67. The zero-order valence-corrected chi connectivity index (χ0v) is 11.6. The van der Waals surface area contributed by atoms with Crippen molar-refractivity contribution in [1.29, 1.82) is 0 Å². The fraction of sp³-hybridized carbons (Fsp3) is 0.929. The quantitative estimate of drug-likeness (QED) is 0.335. The van der Waals surface area contributed by atoms with E-state index in [0.29, 0.717) is 26.4 Å². The van der Waals surface area contributed by atoms with Gasteiger partial charge in [-0.15, -0.1) is 0 Å². The Labute approximate surface area is 111 Å². The molecule has 0 heterocycles. The van der Waals surface area contributed by atoms with Crippen LogP contribution in [0.2, 0.25) is 0 Å². The van der Waals surface area contributed by atoms with Gasteiger partial charge in [-0.25, -0.2) is 0 Å². The van der Waals surface area contributed by atoms with Crippen LogP contribution >= 0.6 is 0 Å². The van der Waals surface area contributed by atoms with Crippen molar-refractivity contribution < 1.29 is 19.0 Å². The summed E-state index contributed by atoms with van der Waals surface area (Å²) in [7, 11) is 1.65. The molecular weight excluding hydrogens is 232 g/mol. The Kier molecular flexibility index (Phi) is 16.1. The standard InChI is InChI=1S/C14H27O4/c1-16-12-13-18-14-17-11-9-7-5-3-2-4-6-8-10-15/h2-9,11-14H2,1H3. The minimum atomic E-state index is 0.367. The van der Waals surface area contributed by atoms with E-state index in [1.807, 2.05) is 6.29 Å². The van der Waals surface area contributed by atoms with Gasteiger partial charge in [-0.1, -0.05) is 32.1 Å². The summed E-state index contributed by atoms with van der Waals surface area (Å²) in [5.74, 6) is 0. The molecule has 0 atom stereocenters. The Bertz CT molecular complexity index is 162. The molecule has 0 N–H and O–H groups in total. The van der Waals surface area contributed by atoms with Crippen LogP contribution in [-0.2, 0) is 19.0 Å². The normalized spacial score (nSPS) is 10.7. The van der Waals surface area contributed by atoms with Crippen LogP contribution in [0.1, 0.15) is 51.4 Å². The summed E-state index contributed by atoms with van der Waals surface area (Å²) >= 11 is 0. The number of carbonyl (C=O) groups excluding carboxylic acids is 1. The molecule has 0 fully saturated rings. The number of ether oxygens (including phenoxy) is 3. The Morgan fingerprint density at radius 2 is 1.39 bits per heavy atom. The summed E-state index contributed by atoms with van der Waals surface area (Å²) < 4.78 is 15.3. The van der Waals surface area contributed by atoms with Crippen LogP contribution in [0.15, 0.2) is 0 Å². The molecule has 4 nitrogen and oxygen atoms in total. The van der Waals surface area contributed by atoms with Crippen molar-refractivity contribution >= 4 is 6.29 Å². The molecule has 0 saturated carbocycles. The average Bonchev–Trinajstić information content (AvgIpc) is 2.39. The maximum atomic E-state index is 9.97. The summed E-state index contributed by atoms with van der Waals surface area (Å²) in [5.41, 5.74) is 0. The molecule has 18 heavy (non-hydrogen) atoms. The molecular formula is C14H27O4. The Morgan fingerprint density at radius 3 is 2.06 bits per heavy atom. The van der Waals surface area contributed by atoms with Crippen molar-refractivity contribution in [3.05, 3.63) is 0 Å². The molecule has 0 spiro atoms. The Balaban J connectivity index is 2.88. The molecule has 0 bridgehead atoms. The van der Waals surface area contributed by atoms with Gasteiger partial charge in [0, 0.05) is 20.1 Å². The molecule has 0 aromatic heterocycles. The summed E-state index contributed by atoms with van der Waals surface area (Å²) in [4.78, 5) is 9.97. The van der Waals surface area contributed by atoms with Crippen LogP contribution in [0.4, 0.5) is 0 Å². The van der Waals surface area contributed by atoms with Crippen molar-refractivity contribution in [2.45, 2.75) is 51.4 Å². The van der Waals surface area contributed by atoms with E-state index in [4.69, 9.17) is 14.2 Å². The first-order valence-corrected chi connectivity index (χ1v) is 6.91. The van der Waals surface area contributed by atoms with Crippen LogP contribution in [0, 0.1) is 0 Å². The van der Waals surface area contributed by atoms with E-state index in [1.54, 1.807) is 7.11 Å². The van der Waals surface area contributed by atoms with E-state index < -0.39 is 0 Å². The number of hydrogen-bond acceptors (Lipinski definition) is 4. The number of rotatable bonds is 15. The molecule has 0 rings (SSSR count). The maximum Gasteiger partial charge on any atom is 0.198 e. The minimum absolute atomic E-state index is 0.367. The zero-order chi connectivity index (χ0) is 13.3. The first-order valence-electron chi connectivity index (χ1n) is 6.91. The lowest BCUT2D eigenvalue weighted by molar-refractivity contribution is -0.0664. The topological polar surface area (TPSA) is 44.8 Å². The molecule has 0 aliphatic rings. The Morgan fingerprint density at radius 1 is 0.778 bits per heavy atom. The van der Waals surface area contributed by atoms with E-state index >= 15 is 0 Å². The second-order valence-electron chi connectivity index (χ2n) is 4.30. The van der Waals surface area contributed by atoms with Crippen molar-refractivity contribution in [3.8, 4) is 0 Å². The lowest BCUT2D eigenvalue weighted by Crippen LogP contribution is -2.06. The average molecular weight is 259 g/mol. The molecule has 0 aromatic rings. The predicted molar refractivity (Wildman–Crippen MR) is 71.3 cm³/mol. The van der Waals surface area contributed by atoms with Crippen molar-refractivity contribution in [3.63, 3.8) is 0 Å². The smallest absolute Gasteiger partial charge is 0.198 e. The summed E-state index contributed by atoms with van der Waals surface area (Å²) in [6, 6.07) is 0. The van der Waals surface area contributed by atoms with E-state index in [9.17, 15) is 4.79 Å². The van der Waals surface area contributed by atoms with Crippen LogP contribution < -0.4 is 0 Å². The lowest BCUT2D eigenvalue weighted by atomic mass is 10.1. The van der Waals surface area contributed by atoms with E-state index in [2.05, 4.69) is 0 Å². The van der Waals surface area contributed by atoms with Gasteiger partial charge in [-0.3, -0.25) is 4.79 Å². The van der Waals surface area contributed by atoms with Crippen LogP contribution in [0.3, 0.4) is 0 Å². The molecule has 107 valence electrons. The van der Waals surface area contributed by atoms with Gasteiger partial charge in [0.05, 0.1) is 13.2 Å². The summed E-state index contributed by atoms with van der Waals surface area (Å²) in [6.45, 7) is 2.35. The Hall–Kier alpha value is -0.450. The SMILES string of the molecule is COCCOCOCCCCCCCCC[C]=O. The van der Waals surface area contributed by atoms with Crippen LogP contribution in [0.25, 0.3) is 0 Å². The highest BCUT2D eigenvalue weighted by Gasteiger charge is 1.93. The molecule has 0 aromatic carbocycles. The van der Waals surface area contributed by atoms with Gasteiger partial charge >= 0.3 is 0 Å². The second kappa shape index (κ2) is 16.6. The number of methoxy groups -OCH3 is 1. The predicted octanol–water partition coefficient (Wildman–Crippen LogP) is 2.85. The van der Waals surface area contributed by atoms with Gasteiger partial charge in [0.15, 0.2) is 6.29 Å². The van der Waals surface area contributed by atoms with Crippen molar-refractivity contribution in [2.75, 3.05) is 33.7 Å². The molecule has 1 radical (unpaired) electrons. The third kappa shape index (κ3) is 15.6. The molecule has 0 amide bonds. The summed E-state index contributed by atoms with van der Waals surface area (Å²) in [6.07, 6.45) is 10.7. The van der Waals surface area contributed by atoms with Gasteiger partial charge in [-0.05, 0) is 12.8 Å². The number of unbranched alkanes of at least 4 members (excludes halogenated alkanes) is 7. The molecule has 0 aliphatic carbocycles. The molecule has 0 aliphatic heterocycles. The van der Waals surface area contributed by atoms with Gasteiger partial charge in [0.1, 0.15) is 6.79 Å². The molecule has 4 heteroatoms. The largest absolute Gasteiger partial charge is 0.382 e. The fourth-order valence-electron chi connectivity index (χ4n) is 1.60. The maximum absolute atomic E-state index is 9.97. The van der Waals surface area contributed by atoms with Gasteiger partial charge in [-0.2, -0.15) is 0 Å². The molecule has 0 saturated heterocycles. The van der Waals surface area contributed by atoms with Gasteiger partial charge in [0.2, 0.25) is 0 Å². The van der Waals surface area contributed by atoms with Crippen LogP contribution in [-0.4, -0.2) is 40.0 Å². The molecule has 0 unspecified atom stereocenters. The lowest BCUT2D eigenvalue weighted by Gasteiger charge is -2.05. The first kappa shape index (κ1) is 17.6. The van der Waals surface area contributed by atoms with E-state index in [1.165, 1.54) is 25.7 Å². The van der Waals surface area contributed by atoms with E-state index in [-0.39, 0.29) is 0 Å². The van der Waals surface area contributed by atoms with Crippen molar-refractivity contribution in [1.82, 2.24) is 0 Å². The number of hydrogen-bond donors (Lipinski definition) is 0. The monoisotopic (exact) mass is 259 g/mol. The van der Waals surface area contributed by atoms with E-state index in [0.717, 1.165) is 25.9 Å². The third-order valence-electron chi connectivity index (χ3n) is 2.67. The zero-order valence-electron chi connectivity index (χ0n) is 11.6. The second-order valence-corrected chi connectivity index (χ2v) is 4.30. The van der Waals surface area contributed by atoms with Crippen LogP contribution in [0.5, 0.6) is 0 Å². The minimum Gasteiger partial charge on any atom is -0.382 e. The van der Waals surface area contributed by atoms with Crippen molar-refractivity contribution in [2.24, 2.45) is 0 Å². The first-order chi connectivity index (χ1) is 8.91. The highest BCUT2D eigenvalue weighted by molar-refractivity contribution is 5.50.